The SMILES string of the molecule is Cc1ccc(NC(=O)CN(Cc2ccco2)C(=O)c2ccccc2Cl)cc1Cl. The molecule has 1 aromatic heterocycles. The van der Waals surface area contributed by atoms with Crippen LogP contribution in [0.3, 0.4) is 0 Å². The van der Waals surface area contributed by atoms with Crippen LogP contribution in [0, 0.1) is 6.92 Å². The fraction of sp³-hybridized carbons (Fsp3) is 0.143. The van der Waals surface area contributed by atoms with Gasteiger partial charge < -0.3 is 14.6 Å². The van der Waals surface area contributed by atoms with Crippen LogP contribution >= 0.6 is 23.2 Å². The van der Waals surface area contributed by atoms with Gasteiger partial charge in [-0.3, -0.25) is 9.59 Å². The van der Waals surface area contributed by atoms with Gasteiger partial charge in [0.2, 0.25) is 5.91 Å². The molecule has 7 heteroatoms. The summed E-state index contributed by atoms with van der Waals surface area (Å²) in [5.74, 6) is -0.155. The van der Waals surface area contributed by atoms with Crippen molar-refractivity contribution in [3.05, 3.63) is 87.8 Å². The van der Waals surface area contributed by atoms with Gasteiger partial charge in [-0.15, -0.1) is 0 Å². The Hall–Kier alpha value is -2.76. The molecular weight excluding hydrogens is 399 g/mol. The third-order valence-electron chi connectivity index (χ3n) is 4.11. The average molecular weight is 417 g/mol. The molecular formula is C21H18Cl2N2O3. The maximum Gasteiger partial charge on any atom is 0.256 e. The fourth-order valence-corrected chi connectivity index (χ4v) is 3.04. The number of aryl methyl sites for hydroxylation is 1. The number of carbonyl (C=O) groups is 2. The predicted octanol–water partition coefficient (Wildman–Crippen LogP) is 5.18. The van der Waals surface area contributed by atoms with E-state index in [4.69, 9.17) is 27.6 Å². The summed E-state index contributed by atoms with van der Waals surface area (Å²) in [5.41, 5.74) is 1.79. The molecule has 0 saturated heterocycles. The van der Waals surface area contributed by atoms with Crippen molar-refractivity contribution >= 4 is 40.7 Å². The molecule has 28 heavy (non-hydrogen) atoms. The third kappa shape index (κ3) is 4.94. The van der Waals surface area contributed by atoms with E-state index in [1.165, 1.54) is 11.2 Å². The number of halogens is 2. The van der Waals surface area contributed by atoms with Gasteiger partial charge in [0, 0.05) is 10.7 Å². The molecule has 0 fully saturated rings. The minimum Gasteiger partial charge on any atom is -0.467 e. The maximum atomic E-state index is 13.0. The Kier molecular flexibility index (Phi) is 6.39. The van der Waals surface area contributed by atoms with Gasteiger partial charge in [-0.2, -0.15) is 0 Å². The standard InChI is InChI=1S/C21H18Cl2N2O3/c1-14-8-9-15(11-19(14)23)24-20(26)13-25(12-16-5-4-10-28-16)21(27)17-6-2-3-7-18(17)22/h2-11H,12-13H2,1H3,(H,24,26). The zero-order chi connectivity index (χ0) is 20.1. The Morgan fingerprint density at radius 1 is 1.04 bits per heavy atom. The monoisotopic (exact) mass is 416 g/mol. The Morgan fingerprint density at radius 3 is 2.50 bits per heavy atom. The molecule has 5 nitrogen and oxygen atoms in total. The van der Waals surface area contributed by atoms with Crippen LogP contribution in [-0.4, -0.2) is 23.3 Å². The normalized spacial score (nSPS) is 10.5. The van der Waals surface area contributed by atoms with Crippen molar-refractivity contribution in [2.75, 3.05) is 11.9 Å². The molecule has 0 aliphatic heterocycles. The second kappa shape index (κ2) is 8.95. The van der Waals surface area contributed by atoms with Crippen molar-refractivity contribution < 1.29 is 14.0 Å². The van der Waals surface area contributed by atoms with Crippen molar-refractivity contribution in [3.8, 4) is 0 Å². The van der Waals surface area contributed by atoms with Gasteiger partial charge >= 0.3 is 0 Å². The molecule has 1 heterocycles. The number of carbonyl (C=O) groups excluding carboxylic acids is 2. The van der Waals surface area contributed by atoms with Crippen molar-refractivity contribution in [1.29, 1.82) is 0 Å². The lowest BCUT2D eigenvalue weighted by Gasteiger charge is -2.22. The van der Waals surface area contributed by atoms with Gasteiger partial charge in [-0.05, 0) is 48.9 Å². The highest BCUT2D eigenvalue weighted by atomic mass is 35.5. The number of nitrogens with zero attached hydrogens (tertiary/aromatic N) is 1. The third-order valence-corrected chi connectivity index (χ3v) is 4.85. The quantitative estimate of drug-likeness (QED) is 0.602. The zero-order valence-electron chi connectivity index (χ0n) is 15.1. The summed E-state index contributed by atoms with van der Waals surface area (Å²) >= 11 is 12.3. The number of hydrogen-bond acceptors (Lipinski definition) is 3. The lowest BCUT2D eigenvalue weighted by Crippen LogP contribution is -2.37. The second-order valence-corrected chi connectivity index (χ2v) is 7.05. The minimum absolute atomic E-state index is 0.138. The molecule has 0 spiro atoms. The Balaban J connectivity index is 1.78. The Labute approximate surface area is 172 Å². The van der Waals surface area contributed by atoms with Crippen LogP contribution in [-0.2, 0) is 11.3 Å². The van der Waals surface area contributed by atoms with Crippen molar-refractivity contribution in [2.45, 2.75) is 13.5 Å². The van der Waals surface area contributed by atoms with Gasteiger partial charge in [-0.1, -0.05) is 41.4 Å². The number of furan rings is 1. The number of rotatable bonds is 6. The number of anilines is 1. The van der Waals surface area contributed by atoms with E-state index in [1.807, 2.05) is 13.0 Å². The van der Waals surface area contributed by atoms with Crippen LogP contribution in [0.2, 0.25) is 10.0 Å². The highest BCUT2D eigenvalue weighted by molar-refractivity contribution is 6.33. The summed E-state index contributed by atoms with van der Waals surface area (Å²) < 4.78 is 5.33. The lowest BCUT2D eigenvalue weighted by atomic mass is 10.2. The number of amides is 2. The van der Waals surface area contributed by atoms with Crippen molar-refractivity contribution in [2.24, 2.45) is 0 Å². The van der Waals surface area contributed by atoms with Crippen LogP contribution in [0.15, 0.2) is 65.3 Å². The van der Waals surface area contributed by atoms with Crippen LogP contribution < -0.4 is 5.32 Å². The predicted molar refractivity (Wildman–Crippen MR) is 110 cm³/mol. The highest BCUT2D eigenvalue weighted by Crippen LogP contribution is 2.21. The first-order valence-corrected chi connectivity index (χ1v) is 9.32. The van der Waals surface area contributed by atoms with E-state index in [0.717, 1.165) is 5.56 Å². The summed E-state index contributed by atoms with van der Waals surface area (Å²) in [6, 6.07) is 15.4. The molecule has 2 aromatic carbocycles. The van der Waals surface area contributed by atoms with E-state index in [0.29, 0.717) is 27.1 Å². The molecule has 1 N–H and O–H groups in total. The second-order valence-electron chi connectivity index (χ2n) is 6.23. The molecule has 0 bridgehead atoms. The number of benzene rings is 2. The minimum atomic E-state index is -0.362. The highest BCUT2D eigenvalue weighted by Gasteiger charge is 2.22. The summed E-state index contributed by atoms with van der Waals surface area (Å²) in [6.45, 7) is 1.84. The molecule has 3 rings (SSSR count). The smallest absolute Gasteiger partial charge is 0.256 e. The lowest BCUT2D eigenvalue weighted by molar-refractivity contribution is -0.117. The van der Waals surface area contributed by atoms with Crippen LogP contribution in [0.4, 0.5) is 5.69 Å². The summed E-state index contributed by atoms with van der Waals surface area (Å²) in [7, 11) is 0. The molecule has 0 radical (unpaired) electrons. The van der Waals surface area contributed by atoms with Crippen molar-refractivity contribution in [3.63, 3.8) is 0 Å². The topological polar surface area (TPSA) is 62.6 Å². The van der Waals surface area contributed by atoms with E-state index in [-0.39, 0.29) is 24.9 Å². The molecule has 2 amide bonds. The molecule has 144 valence electrons. The van der Waals surface area contributed by atoms with E-state index >= 15 is 0 Å². The van der Waals surface area contributed by atoms with Gasteiger partial charge in [0.25, 0.3) is 5.91 Å². The zero-order valence-corrected chi connectivity index (χ0v) is 16.6. The molecule has 0 saturated carbocycles. The van der Waals surface area contributed by atoms with Crippen molar-refractivity contribution in [1.82, 2.24) is 4.90 Å². The van der Waals surface area contributed by atoms with Crippen LogP contribution in [0.1, 0.15) is 21.7 Å². The first-order chi connectivity index (χ1) is 13.4. The number of nitrogens with one attached hydrogen (secondary N) is 1. The molecule has 0 aliphatic carbocycles. The van der Waals surface area contributed by atoms with E-state index in [1.54, 1.807) is 48.5 Å². The summed E-state index contributed by atoms with van der Waals surface area (Å²) in [5, 5.41) is 3.64. The Bertz CT molecular complexity index is 987. The first-order valence-electron chi connectivity index (χ1n) is 8.56. The van der Waals surface area contributed by atoms with Gasteiger partial charge in [0.15, 0.2) is 0 Å². The van der Waals surface area contributed by atoms with Crippen LogP contribution in [0.5, 0.6) is 0 Å². The fourth-order valence-electron chi connectivity index (χ4n) is 2.64. The summed E-state index contributed by atoms with van der Waals surface area (Å²) in [6.07, 6.45) is 1.52. The maximum absolute atomic E-state index is 13.0. The van der Waals surface area contributed by atoms with E-state index < -0.39 is 0 Å². The molecule has 0 aliphatic rings. The first kappa shape index (κ1) is 20.0. The van der Waals surface area contributed by atoms with Gasteiger partial charge in [0.05, 0.1) is 23.4 Å². The van der Waals surface area contributed by atoms with Crippen LogP contribution in [0.25, 0.3) is 0 Å². The molecule has 0 atom stereocenters. The van der Waals surface area contributed by atoms with E-state index in [2.05, 4.69) is 5.32 Å². The average Bonchev–Trinajstić information content (AvgIpc) is 3.17. The van der Waals surface area contributed by atoms with Gasteiger partial charge in [0.1, 0.15) is 12.3 Å². The van der Waals surface area contributed by atoms with Gasteiger partial charge in [-0.25, -0.2) is 0 Å². The number of hydrogen-bond donors (Lipinski definition) is 1. The largest absolute Gasteiger partial charge is 0.467 e. The summed E-state index contributed by atoms with van der Waals surface area (Å²) in [4.78, 5) is 26.9. The Morgan fingerprint density at radius 2 is 1.82 bits per heavy atom. The molecule has 0 unspecified atom stereocenters. The molecule has 3 aromatic rings. The van der Waals surface area contributed by atoms with E-state index in [9.17, 15) is 9.59 Å².